The molecule has 2 N–H and O–H groups in total. The lowest BCUT2D eigenvalue weighted by Crippen LogP contribution is -2.02. The highest BCUT2D eigenvalue weighted by molar-refractivity contribution is 5.57. The molecule has 0 amide bonds. The van der Waals surface area contributed by atoms with E-state index in [4.69, 9.17) is 0 Å². The van der Waals surface area contributed by atoms with Crippen LogP contribution in [0.5, 0.6) is 5.75 Å². The summed E-state index contributed by atoms with van der Waals surface area (Å²) in [5, 5.41) is 23.0. The van der Waals surface area contributed by atoms with Crippen LogP contribution in [0.25, 0.3) is 0 Å². The lowest BCUT2D eigenvalue weighted by atomic mass is 10.1. The van der Waals surface area contributed by atoms with Crippen LogP contribution in [0.15, 0.2) is 36.4 Å². The Morgan fingerprint density at radius 3 is 2.70 bits per heavy atom. The number of non-ortho nitro benzene ring substituents is 1. The van der Waals surface area contributed by atoms with Crippen molar-refractivity contribution in [3.8, 4) is 5.75 Å². The minimum atomic E-state index is -0.530. The fraction of sp³-hybridized carbons (Fsp3) is 0.143. The van der Waals surface area contributed by atoms with Crippen molar-refractivity contribution in [2.45, 2.75) is 13.5 Å². The van der Waals surface area contributed by atoms with Crippen molar-refractivity contribution in [3.63, 3.8) is 0 Å². The number of hydrogen-bond donors (Lipinski definition) is 2. The number of nitro groups is 1. The van der Waals surface area contributed by atoms with Crippen LogP contribution in [-0.4, -0.2) is 10.0 Å². The van der Waals surface area contributed by atoms with Crippen LogP contribution in [0.2, 0.25) is 0 Å². The van der Waals surface area contributed by atoms with E-state index in [1.165, 1.54) is 24.3 Å². The molecular formula is C14H13FN2O3. The molecule has 0 atom stereocenters. The number of aryl methyl sites for hydroxylation is 1. The van der Waals surface area contributed by atoms with Gasteiger partial charge in [0.1, 0.15) is 11.6 Å². The van der Waals surface area contributed by atoms with Crippen molar-refractivity contribution in [1.82, 2.24) is 0 Å². The largest absolute Gasteiger partial charge is 0.508 e. The Hall–Kier alpha value is -2.63. The molecule has 0 spiro atoms. The highest BCUT2D eigenvalue weighted by atomic mass is 19.1. The summed E-state index contributed by atoms with van der Waals surface area (Å²) in [6.45, 7) is 2.07. The summed E-state index contributed by atoms with van der Waals surface area (Å²) in [6, 6.07) is 8.23. The molecule has 0 saturated heterocycles. The van der Waals surface area contributed by atoms with Crippen LogP contribution in [0, 0.1) is 22.9 Å². The summed E-state index contributed by atoms with van der Waals surface area (Å²) in [6.07, 6.45) is 0. The summed E-state index contributed by atoms with van der Waals surface area (Å²) in [7, 11) is 0. The minimum Gasteiger partial charge on any atom is -0.508 e. The third-order valence-corrected chi connectivity index (χ3v) is 2.86. The number of hydrogen-bond acceptors (Lipinski definition) is 4. The van der Waals surface area contributed by atoms with Crippen molar-refractivity contribution in [3.05, 3.63) is 63.5 Å². The third-order valence-electron chi connectivity index (χ3n) is 2.86. The SMILES string of the molecule is Cc1ccc([N+](=O)[O-])cc1NCc1cc(O)cc(F)c1. The molecule has 0 saturated carbocycles. The van der Waals surface area contributed by atoms with Gasteiger partial charge in [0.15, 0.2) is 0 Å². The van der Waals surface area contributed by atoms with E-state index in [1.807, 2.05) is 6.92 Å². The average molecular weight is 276 g/mol. The second-order valence-electron chi connectivity index (χ2n) is 4.43. The van der Waals surface area contributed by atoms with Gasteiger partial charge >= 0.3 is 0 Å². The highest BCUT2D eigenvalue weighted by Crippen LogP contribution is 2.23. The molecule has 2 aromatic carbocycles. The molecule has 0 fully saturated rings. The van der Waals surface area contributed by atoms with Crippen molar-refractivity contribution < 1.29 is 14.4 Å². The van der Waals surface area contributed by atoms with Crippen LogP contribution >= 0.6 is 0 Å². The van der Waals surface area contributed by atoms with Crippen LogP contribution in [0.4, 0.5) is 15.8 Å². The zero-order valence-electron chi connectivity index (χ0n) is 10.8. The quantitative estimate of drug-likeness (QED) is 0.663. The zero-order chi connectivity index (χ0) is 14.7. The molecule has 0 unspecified atom stereocenters. The fourth-order valence-corrected chi connectivity index (χ4v) is 1.85. The highest BCUT2D eigenvalue weighted by Gasteiger charge is 2.08. The maximum Gasteiger partial charge on any atom is 0.271 e. The van der Waals surface area contributed by atoms with Gasteiger partial charge in [-0.2, -0.15) is 0 Å². The molecule has 104 valence electrons. The standard InChI is InChI=1S/C14H13FN2O3/c1-9-2-3-12(17(19)20)7-14(9)16-8-10-4-11(15)6-13(18)5-10/h2-7,16,18H,8H2,1H3. The molecule has 2 aromatic rings. The number of nitrogens with zero attached hydrogens (tertiary/aromatic N) is 1. The van der Waals surface area contributed by atoms with E-state index in [0.717, 1.165) is 11.6 Å². The maximum absolute atomic E-state index is 13.1. The van der Waals surface area contributed by atoms with Gasteiger partial charge in [0, 0.05) is 30.4 Å². The van der Waals surface area contributed by atoms with E-state index in [9.17, 15) is 19.6 Å². The smallest absolute Gasteiger partial charge is 0.271 e. The molecule has 5 nitrogen and oxygen atoms in total. The van der Waals surface area contributed by atoms with Gasteiger partial charge in [-0.05, 0) is 30.2 Å². The Kier molecular flexibility index (Phi) is 3.84. The van der Waals surface area contributed by atoms with Gasteiger partial charge in [0.25, 0.3) is 5.69 Å². The third kappa shape index (κ3) is 3.23. The van der Waals surface area contributed by atoms with Crippen molar-refractivity contribution in [2.75, 3.05) is 5.32 Å². The van der Waals surface area contributed by atoms with Gasteiger partial charge in [0.2, 0.25) is 0 Å². The van der Waals surface area contributed by atoms with E-state index in [-0.39, 0.29) is 18.0 Å². The first-order chi connectivity index (χ1) is 9.45. The van der Waals surface area contributed by atoms with E-state index in [1.54, 1.807) is 6.07 Å². The molecule has 0 heterocycles. The molecule has 0 aromatic heterocycles. The first-order valence-corrected chi connectivity index (χ1v) is 5.93. The number of nitro benzene ring substituents is 1. The van der Waals surface area contributed by atoms with Gasteiger partial charge in [-0.15, -0.1) is 0 Å². The average Bonchev–Trinajstić information content (AvgIpc) is 2.36. The van der Waals surface area contributed by atoms with E-state index < -0.39 is 10.7 Å². The fourth-order valence-electron chi connectivity index (χ4n) is 1.85. The number of benzene rings is 2. The van der Waals surface area contributed by atoms with Crippen molar-refractivity contribution in [1.29, 1.82) is 0 Å². The summed E-state index contributed by atoms with van der Waals surface area (Å²) >= 11 is 0. The van der Waals surface area contributed by atoms with E-state index in [0.29, 0.717) is 11.3 Å². The molecular weight excluding hydrogens is 263 g/mol. The predicted octanol–water partition coefficient (Wildman–Crippen LogP) is 3.36. The molecule has 0 aliphatic heterocycles. The van der Waals surface area contributed by atoms with Gasteiger partial charge in [-0.1, -0.05) is 6.07 Å². The topological polar surface area (TPSA) is 75.4 Å². The summed E-state index contributed by atoms with van der Waals surface area (Å²) in [5.74, 6) is -0.685. The molecule has 0 aliphatic rings. The molecule has 0 bridgehead atoms. The molecule has 0 radical (unpaired) electrons. The first kappa shape index (κ1) is 13.8. The van der Waals surface area contributed by atoms with Gasteiger partial charge in [-0.3, -0.25) is 10.1 Å². The molecule has 6 heteroatoms. The predicted molar refractivity (Wildman–Crippen MR) is 73.2 cm³/mol. The number of rotatable bonds is 4. The zero-order valence-corrected chi connectivity index (χ0v) is 10.8. The van der Waals surface area contributed by atoms with Gasteiger partial charge < -0.3 is 10.4 Å². The lowest BCUT2D eigenvalue weighted by molar-refractivity contribution is -0.384. The Morgan fingerprint density at radius 1 is 1.30 bits per heavy atom. The number of aromatic hydroxyl groups is 1. The van der Waals surface area contributed by atoms with Crippen molar-refractivity contribution >= 4 is 11.4 Å². The number of anilines is 1. The van der Waals surface area contributed by atoms with Crippen molar-refractivity contribution in [2.24, 2.45) is 0 Å². The summed E-state index contributed by atoms with van der Waals surface area (Å²) in [4.78, 5) is 10.2. The van der Waals surface area contributed by atoms with Gasteiger partial charge in [-0.25, -0.2) is 4.39 Å². The molecule has 20 heavy (non-hydrogen) atoms. The monoisotopic (exact) mass is 276 g/mol. The van der Waals surface area contributed by atoms with E-state index >= 15 is 0 Å². The Bertz CT molecular complexity index is 639. The van der Waals surface area contributed by atoms with Crippen LogP contribution in [0.3, 0.4) is 0 Å². The number of phenolic OH excluding ortho intramolecular Hbond substituents is 1. The minimum absolute atomic E-state index is 0.0137. The van der Waals surface area contributed by atoms with Gasteiger partial charge in [0.05, 0.1) is 4.92 Å². The molecule has 0 aliphatic carbocycles. The number of phenols is 1. The number of halogens is 1. The van der Waals surface area contributed by atoms with E-state index in [2.05, 4.69) is 5.32 Å². The normalized spacial score (nSPS) is 10.3. The van der Waals surface area contributed by atoms with Crippen LogP contribution < -0.4 is 5.32 Å². The number of nitrogens with one attached hydrogen (secondary N) is 1. The maximum atomic E-state index is 13.1. The lowest BCUT2D eigenvalue weighted by Gasteiger charge is -2.10. The summed E-state index contributed by atoms with van der Waals surface area (Å²) < 4.78 is 13.1. The van der Waals surface area contributed by atoms with Crippen LogP contribution in [0.1, 0.15) is 11.1 Å². The summed E-state index contributed by atoms with van der Waals surface area (Å²) in [5.41, 5.74) is 1.98. The second kappa shape index (κ2) is 5.56. The Balaban J connectivity index is 2.18. The second-order valence-corrected chi connectivity index (χ2v) is 4.43. The first-order valence-electron chi connectivity index (χ1n) is 5.93. The Labute approximate surface area is 114 Å². The molecule has 2 rings (SSSR count). The Morgan fingerprint density at radius 2 is 2.05 bits per heavy atom. The van der Waals surface area contributed by atoms with Crippen LogP contribution in [-0.2, 0) is 6.54 Å².